The molecule has 0 fully saturated rings. The molecule has 0 spiro atoms. The monoisotopic (exact) mass is 1010 g/mol. The van der Waals surface area contributed by atoms with Crippen molar-refractivity contribution < 1.29 is 71.6 Å². The van der Waals surface area contributed by atoms with Gasteiger partial charge in [-0.2, -0.15) is 63.6 Å². The van der Waals surface area contributed by atoms with Crippen LogP contribution in [0, 0.1) is 0 Å². The molecule has 66 heavy (non-hydrogen) atoms. The van der Waals surface area contributed by atoms with Crippen molar-refractivity contribution in [2.24, 2.45) is 0 Å². The predicted molar refractivity (Wildman–Crippen MR) is 240 cm³/mol. The van der Waals surface area contributed by atoms with E-state index in [1.54, 1.807) is 14.1 Å². The summed E-state index contributed by atoms with van der Waals surface area (Å²) in [5.74, 6) is -1.93. The van der Waals surface area contributed by atoms with Crippen LogP contribution in [-0.4, -0.2) is 183 Å². The molecule has 0 saturated heterocycles. The first kappa shape index (κ1) is 53.1. The van der Waals surface area contributed by atoms with Crippen LogP contribution < -0.4 is 31.1 Å². The molecule has 10 N–H and O–H groups in total. The molecular formula is C34H48N12O16S4. The molecule has 2 aromatic carbocycles. The third-order valence-corrected chi connectivity index (χ3v) is 11.6. The van der Waals surface area contributed by atoms with E-state index in [1.807, 2.05) is 0 Å². The van der Waals surface area contributed by atoms with Crippen molar-refractivity contribution in [1.82, 2.24) is 29.9 Å². The van der Waals surface area contributed by atoms with Gasteiger partial charge in [-0.05, 0) is 35.4 Å². The van der Waals surface area contributed by atoms with E-state index in [0.717, 1.165) is 24.3 Å². The average molecular weight is 1010 g/mol. The highest BCUT2D eigenvalue weighted by atomic mass is 32.2. The number of anilines is 8. The summed E-state index contributed by atoms with van der Waals surface area (Å²) in [6.07, 6.45) is 2.30. The molecule has 0 aliphatic carbocycles. The molecule has 32 heteroatoms. The first-order valence-corrected chi connectivity index (χ1v) is 25.2. The molecule has 0 aliphatic rings. The lowest BCUT2D eigenvalue weighted by atomic mass is 10.1. The number of likely N-dealkylation sites (N-methyl/N-ethyl adjacent to an activating group) is 2. The van der Waals surface area contributed by atoms with Crippen molar-refractivity contribution in [3.8, 4) is 0 Å². The van der Waals surface area contributed by atoms with Crippen LogP contribution in [0.25, 0.3) is 12.2 Å². The molecule has 2 aromatic heterocycles. The number of nitrogens with one attached hydrogen (secondary N) is 4. The molecule has 4 aromatic rings. The van der Waals surface area contributed by atoms with Gasteiger partial charge in [-0.1, -0.05) is 24.3 Å². The number of ether oxygens (including phenoxy) is 2. The summed E-state index contributed by atoms with van der Waals surface area (Å²) in [6.45, 7) is -0.0835. The van der Waals surface area contributed by atoms with Crippen molar-refractivity contribution in [1.29, 1.82) is 0 Å². The third kappa shape index (κ3) is 18.0. The Bertz CT molecular complexity index is 2580. The summed E-state index contributed by atoms with van der Waals surface area (Å²) in [5.41, 5.74) is -0.252. The van der Waals surface area contributed by atoms with Crippen molar-refractivity contribution in [2.75, 3.05) is 122 Å². The van der Waals surface area contributed by atoms with Gasteiger partial charge in [0.1, 0.15) is 9.79 Å². The zero-order chi connectivity index (χ0) is 48.7. The fourth-order valence-electron chi connectivity index (χ4n) is 5.24. The van der Waals surface area contributed by atoms with Gasteiger partial charge in [0, 0.05) is 51.6 Å². The highest BCUT2D eigenvalue weighted by molar-refractivity contribution is 7.86. The second-order valence-electron chi connectivity index (χ2n) is 13.5. The molecule has 0 bridgehead atoms. The van der Waals surface area contributed by atoms with E-state index in [-0.39, 0.29) is 124 Å². The fourth-order valence-corrected chi connectivity index (χ4v) is 7.38. The molecule has 0 unspecified atom stereocenters. The number of benzene rings is 2. The number of hydrogen-bond donors (Lipinski definition) is 10. The van der Waals surface area contributed by atoms with Crippen molar-refractivity contribution in [2.45, 2.75) is 9.79 Å². The Labute approximate surface area is 379 Å². The second kappa shape index (κ2) is 23.8. The molecule has 0 radical (unpaired) electrons. The van der Waals surface area contributed by atoms with Crippen molar-refractivity contribution in [3.05, 3.63) is 47.5 Å². The minimum atomic E-state index is -4.98. The van der Waals surface area contributed by atoms with Crippen LogP contribution in [0.3, 0.4) is 0 Å². The predicted octanol–water partition coefficient (Wildman–Crippen LogP) is -0.303. The minimum absolute atomic E-state index is 0.0169. The van der Waals surface area contributed by atoms with Gasteiger partial charge in [-0.25, -0.2) is 0 Å². The number of rotatable bonds is 28. The van der Waals surface area contributed by atoms with Gasteiger partial charge < -0.3 is 50.8 Å². The van der Waals surface area contributed by atoms with Gasteiger partial charge in [0.2, 0.25) is 35.7 Å². The molecule has 0 amide bonds. The van der Waals surface area contributed by atoms with Gasteiger partial charge in [0.15, 0.2) is 0 Å². The van der Waals surface area contributed by atoms with E-state index in [0.29, 0.717) is 0 Å². The Morgan fingerprint density at radius 3 is 1.24 bits per heavy atom. The smallest absolute Gasteiger partial charge is 0.295 e. The molecule has 2 heterocycles. The Morgan fingerprint density at radius 2 is 0.909 bits per heavy atom. The van der Waals surface area contributed by atoms with Gasteiger partial charge in [0.25, 0.3) is 40.5 Å². The second-order valence-corrected chi connectivity index (χ2v) is 19.5. The Hall–Kier alpha value is -5.52. The maximum atomic E-state index is 12.6. The minimum Gasteiger partial charge on any atom is -0.394 e. The van der Waals surface area contributed by atoms with E-state index in [2.05, 4.69) is 51.2 Å². The molecular weight excluding hydrogens is 961 g/mol. The number of nitrogens with zero attached hydrogens (tertiary/aromatic N) is 8. The van der Waals surface area contributed by atoms with Crippen LogP contribution in [0.1, 0.15) is 11.1 Å². The lowest BCUT2D eigenvalue weighted by molar-refractivity contribution is 0.0970. The van der Waals surface area contributed by atoms with Crippen molar-refractivity contribution >= 4 is 99.7 Å². The maximum Gasteiger partial charge on any atom is 0.295 e. The Balaban J connectivity index is 1.65. The SMILES string of the molecule is CN(CCOCCO)c1nc(NCCS(=O)(=O)O)nc(Nc2ccc(C=Cc3ccc(Nc4nc(NCCS(=O)(=O)O)nc(N(C)CCOCCO)n4)cc3S(=O)(=O)O)c(S(=O)(=O)O)c2)n1. The van der Waals surface area contributed by atoms with Gasteiger partial charge in [-0.3, -0.25) is 18.2 Å². The fraction of sp³-hybridized carbons (Fsp3) is 0.412. The van der Waals surface area contributed by atoms with Crippen LogP contribution in [0.4, 0.5) is 47.1 Å². The van der Waals surface area contributed by atoms with Gasteiger partial charge in [-0.15, -0.1) is 0 Å². The molecule has 28 nitrogen and oxygen atoms in total. The lowest BCUT2D eigenvalue weighted by Gasteiger charge is -2.19. The topological polar surface area (TPSA) is 408 Å². The maximum absolute atomic E-state index is 12.6. The highest BCUT2D eigenvalue weighted by Crippen LogP contribution is 2.28. The van der Waals surface area contributed by atoms with Crippen LogP contribution in [0.15, 0.2) is 46.2 Å². The van der Waals surface area contributed by atoms with Crippen LogP contribution >= 0.6 is 0 Å². The number of hydrogen-bond acceptors (Lipinski definition) is 24. The summed E-state index contributed by atoms with van der Waals surface area (Å²) < 4.78 is 145. The highest BCUT2D eigenvalue weighted by Gasteiger charge is 2.20. The Morgan fingerprint density at radius 1 is 0.545 bits per heavy atom. The molecule has 0 atom stereocenters. The molecule has 0 saturated carbocycles. The Kier molecular flexibility index (Phi) is 19.1. The third-order valence-electron chi connectivity index (χ3n) is 8.37. The molecule has 0 aliphatic heterocycles. The lowest BCUT2D eigenvalue weighted by Crippen LogP contribution is -2.26. The van der Waals surface area contributed by atoms with Gasteiger partial charge >= 0.3 is 0 Å². The summed E-state index contributed by atoms with van der Waals surface area (Å²) in [6, 6.07) is 7.25. The first-order valence-electron chi connectivity index (χ1n) is 19.1. The van der Waals surface area contributed by atoms with Crippen LogP contribution in [0.2, 0.25) is 0 Å². The number of aliphatic hydroxyl groups is 2. The normalized spacial score (nSPS) is 12.3. The summed E-state index contributed by atoms with van der Waals surface area (Å²) in [4.78, 5) is 27.2. The zero-order valence-electron chi connectivity index (χ0n) is 35.1. The van der Waals surface area contributed by atoms with Crippen LogP contribution in [0.5, 0.6) is 0 Å². The standard InChI is InChI=1S/C34H48N12O16S4/c1-45(11-15-61-17-13-47)33-41-29(35-9-19-63(49,50)51)39-31(43-33)37-25-7-5-23(27(21-25)65(55,56)57)3-4-24-6-8-26(22-28(24)66(58,59)60)38-32-40-30(36-10-20-64(52,53)54)42-34(44-32)46(2)12-16-62-18-14-48/h3-8,21-22,47-48H,9-20H2,1-2H3,(H,49,50,51)(H,52,53,54)(H,55,56,57)(H,58,59,60)(H2,35,37,39,41,43)(H2,36,38,40,42,44). The van der Waals surface area contributed by atoms with E-state index < -0.39 is 61.8 Å². The summed E-state index contributed by atoms with van der Waals surface area (Å²) >= 11 is 0. The quantitative estimate of drug-likeness (QED) is 0.0198. The largest absolute Gasteiger partial charge is 0.394 e. The van der Waals surface area contributed by atoms with Crippen molar-refractivity contribution in [3.63, 3.8) is 0 Å². The van der Waals surface area contributed by atoms with Crippen LogP contribution in [-0.2, 0) is 49.9 Å². The van der Waals surface area contributed by atoms with E-state index in [4.69, 9.17) is 28.8 Å². The molecule has 4 rings (SSSR count). The van der Waals surface area contributed by atoms with E-state index in [1.165, 1.54) is 34.1 Å². The number of aromatic nitrogens is 6. The first-order chi connectivity index (χ1) is 30.9. The summed E-state index contributed by atoms with van der Waals surface area (Å²) in [7, 11) is -15.5. The van der Waals surface area contributed by atoms with E-state index in [9.17, 15) is 42.8 Å². The molecule has 364 valence electrons. The number of aliphatic hydroxyl groups excluding tert-OH is 2. The van der Waals surface area contributed by atoms with Gasteiger partial charge in [0.05, 0.1) is 51.1 Å². The van der Waals surface area contributed by atoms with E-state index >= 15 is 0 Å². The average Bonchev–Trinajstić information content (AvgIpc) is 3.22. The zero-order valence-corrected chi connectivity index (χ0v) is 38.3. The summed E-state index contributed by atoms with van der Waals surface area (Å²) in [5, 5.41) is 28.8.